The second-order valence-corrected chi connectivity index (χ2v) is 5.41. The van der Waals surface area contributed by atoms with E-state index in [-0.39, 0.29) is 11.9 Å². The first-order valence-corrected chi connectivity index (χ1v) is 6.87. The van der Waals surface area contributed by atoms with Gasteiger partial charge in [-0.25, -0.2) is 0 Å². The molecule has 0 aliphatic heterocycles. The molecular formula is C16H22N2O2. The largest absolute Gasteiger partial charge is 0.464 e. The molecule has 2 rings (SSSR count). The summed E-state index contributed by atoms with van der Waals surface area (Å²) >= 11 is 0. The van der Waals surface area contributed by atoms with Gasteiger partial charge in [-0.3, -0.25) is 4.79 Å². The van der Waals surface area contributed by atoms with Crippen LogP contribution in [0.5, 0.6) is 0 Å². The van der Waals surface area contributed by atoms with Gasteiger partial charge in [-0.2, -0.15) is 0 Å². The van der Waals surface area contributed by atoms with Crippen molar-refractivity contribution >= 4 is 16.9 Å². The molecule has 0 bridgehead atoms. The van der Waals surface area contributed by atoms with Crippen LogP contribution in [0.25, 0.3) is 11.0 Å². The molecule has 0 aliphatic rings. The van der Waals surface area contributed by atoms with Crippen LogP contribution in [0, 0.1) is 13.8 Å². The molecule has 0 saturated heterocycles. The zero-order valence-electron chi connectivity index (χ0n) is 12.6. The molecular weight excluding hydrogens is 252 g/mol. The van der Waals surface area contributed by atoms with Crippen molar-refractivity contribution in [3.8, 4) is 0 Å². The molecule has 4 heteroatoms. The number of carbonyl (C=O) groups is 1. The monoisotopic (exact) mass is 274 g/mol. The van der Waals surface area contributed by atoms with E-state index in [0.717, 1.165) is 22.1 Å². The average Bonchev–Trinajstić information content (AvgIpc) is 2.84. The molecule has 0 radical (unpaired) electrons. The molecule has 1 heterocycles. The number of hydrogen-bond acceptors (Lipinski definition) is 3. The summed E-state index contributed by atoms with van der Waals surface area (Å²) in [5, 5.41) is 1.02. The number of carbonyl (C=O) groups excluding carboxylic acids is 1. The Hall–Kier alpha value is -1.81. The van der Waals surface area contributed by atoms with E-state index in [1.807, 2.05) is 19.9 Å². The smallest absolute Gasteiger partial charge is 0.227 e. The van der Waals surface area contributed by atoms with Gasteiger partial charge in [-0.05, 0) is 31.9 Å². The molecule has 1 atom stereocenters. The molecule has 0 fully saturated rings. The third-order valence-electron chi connectivity index (χ3n) is 4.08. The van der Waals surface area contributed by atoms with Crippen LogP contribution in [0.4, 0.5) is 0 Å². The second-order valence-electron chi connectivity index (χ2n) is 5.41. The molecule has 2 aromatic rings. The Labute approximate surface area is 119 Å². The minimum Gasteiger partial charge on any atom is -0.464 e. The lowest BCUT2D eigenvalue weighted by atomic mass is 10.0. The predicted molar refractivity (Wildman–Crippen MR) is 80.7 cm³/mol. The molecule has 2 N–H and O–H groups in total. The van der Waals surface area contributed by atoms with E-state index in [0.29, 0.717) is 13.0 Å². The van der Waals surface area contributed by atoms with Gasteiger partial charge in [0.25, 0.3) is 0 Å². The van der Waals surface area contributed by atoms with E-state index in [9.17, 15) is 4.79 Å². The normalized spacial score (nSPS) is 12.7. The summed E-state index contributed by atoms with van der Waals surface area (Å²) in [6, 6.07) is 4.13. The number of nitrogens with two attached hydrogens (primary N) is 1. The average molecular weight is 274 g/mol. The highest BCUT2D eigenvalue weighted by molar-refractivity contribution is 5.89. The third-order valence-corrected chi connectivity index (χ3v) is 4.08. The van der Waals surface area contributed by atoms with Gasteiger partial charge in [0.15, 0.2) is 0 Å². The number of fused-ring (bicyclic) bond motifs is 1. The predicted octanol–water partition coefficient (Wildman–Crippen LogP) is 2.40. The van der Waals surface area contributed by atoms with Gasteiger partial charge in [-0.1, -0.05) is 12.1 Å². The highest BCUT2D eigenvalue weighted by atomic mass is 16.3. The number of likely N-dealkylation sites (N-methyl/N-ethyl adjacent to an activating group) is 1. The van der Waals surface area contributed by atoms with Crippen LogP contribution in [-0.4, -0.2) is 30.4 Å². The number of furan rings is 1. The second kappa shape index (κ2) is 5.67. The lowest BCUT2D eigenvalue weighted by Gasteiger charge is -2.23. The van der Waals surface area contributed by atoms with Crippen LogP contribution in [-0.2, 0) is 11.2 Å². The van der Waals surface area contributed by atoms with Crippen molar-refractivity contribution in [2.45, 2.75) is 33.2 Å². The molecule has 0 saturated carbocycles. The third kappa shape index (κ3) is 2.56. The Bertz CT molecular complexity index is 631. The van der Waals surface area contributed by atoms with Crippen molar-refractivity contribution in [2.75, 3.05) is 13.6 Å². The van der Waals surface area contributed by atoms with Crippen LogP contribution in [0.1, 0.15) is 23.6 Å². The summed E-state index contributed by atoms with van der Waals surface area (Å²) in [5.74, 6) is 0.0591. The van der Waals surface area contributed by atoms with Gasteiger partial charge in [0, 0.05) is 30.6 Å². The number of aryl methyl sites for hydroxylation is 2. The summed E-state index contributed by atoms with van der Waals surface area (Å²) < 4.78 is 5.63. The van der Waals surface area contributed by atoms with Crippen LogP contribution in [0.3, 0.4) is 0 Å². The first-order chi connectivity index (χ1) is 9.45. The van der Waals surface area contributed by atoms with E-state index in [2.05, 4.69) is 13.0 Å². The molecule has 1 aromatic heterocycles. The topological polar surface area (TPSA) is 59.5 Å². The highest BCUT2D eigenvalue weighted by Gasteiger charge is 2.18. The highest BCUT2D eigenvalue weighted by Crippen LogP contribution is 2.27. The van der Waals surface area contributed by atoms with Crippen molar-refractivity contribution in [3.63, 3.8) is 0 Å². The molecule has 1 aromatic carbocycles. The number of benzene rings is 1. The molecule has 0 aliphatic carbocycles. The zero-order chi connectivity index (χ0) is 14.9. The van der Waals surface area contributed by atoms with Crippen molar-refractivity contribution in [2.24, 2.45) is 5.73 Å². The van der Waals surface area contributed by atoms with E-state index in [4.69, 9.17) is 10.2 Å². The maximum Gasteiger partial charge on any atom is 0.227 e. The summed E-state index contributed by atoms with van der Waals surface area (Å²) in [6.07, 6.45) is 2.03. The van der Waals surface area contributed by atoms with Crippen LogP contribution in [0.15, 0.2) is 22.8 Å². The molecule has 4 nitrogen and oxygen atoms in total. The first kappa shape index (κ1) is 14.6. The standard InChI is InChI=1S/C16H22N2O2/c1-10-5-6-14-13(9-20-16(14)12(10)3)7-15(19)18(4)11(2)8-17/h5-6,9,11H,7-8,17H2,1-4H3. The molecule has 1 amide bonds. The van der Waals surface area contributed by atoms with Gasteiger partial charge in [0.2, 0.25) is 5.91 Å². The lowest BCUT2D eigenvalue weighted by Crippen LogP contribution is -2.40. The summed E-state index contributed by atoms with van der Waals surface area (Å²) in [4.78, 5) is 13.9. The van der Waals surface area contributed by atoms with E-state index in [1.54, 1.807) is 18.2 Å². The Morgan fingerprint density at radius 1 is 1.40 bits per heavy atom. The number of nitrogens with zero attached hydrogens (tertiary/aromatic N) is 1. The van der Waals surface area contributed by atoms with Gasteiger partial charge < -0.3 is 15.1 Å². The van der Waals surface area contributed by atoms with Gasteiger partial charge in [0.1, 0.15) is 5.58 Å². The SMILES string of the molecule is Cc1ccc2c(CC(=O)N(C)C(C)CN)coc2c1C. The van der Waals surface area contributed by atoms with Crippen LogP contribution < -0.4 is 5.73 Å². The maximum absolute atomic E-state index is 12.2. The van der Waals surface area contributed by atoms with Crippen molar-refractivity contribution < 1.29 is 9.21 Å². The Morgan fingerprint density at radius 2 is 2.10 bits per heavy atom. The Balaban J connectivity index is 2.27. The van der Waals surface area contributed by atoms with Gasteiger partial charge >= 0.3 is 0 Å². The summed E-state index contributed by atoms with van der Waals surface area (Å²) in [7, 11) is 1.79. The minimum absolute atomic E-state index is 0.0460. The van der Waals surface area contributed by atoms with Crippen molar-refractivity contribution in [3.05, 3.63) is 35.1 Å². The number of amides is 1. The van der Waals surface area contributed by atoms with Crippen LogP contribution >= 0.6 is 0 Å². The van der Waals surface area contributed by atoms with Crippen LogP contribution in [0.2, 0.25) is 0 Å². The quantitative estimate of drug-likeness (QED) is 0.931. The molecule has 1 unspecified atom stereocenters. The fourth-order valence-electron chi connectivity index (χ4n) is 2.22. The van der Waals surface area contributed by atoms with E-state index >= 15 is 0 Å². The maximum atomic E-state index is 12.2. The fourth-order valence-corrected chi connectivity index (χ4v) is 2.22. The molecule has 108 valence electrons. The van der Waals surface area contributed by atoms with Gasteiger partial charge in [-0.15, -0.1) is 0 Å². The summed E-state index contributed by atoms with van der Waals surface area (Å²) in [6.45, 7) is 6.50. The zero-order valence-corrected chi connectivity index (χ0v) is 12.6. The first-order valence-electron chi connectivity index (χ1n) is 6.87. The van der Waals surface area contributed by atoms with E-state index < -0.39 is 0 Å². The van der Waals surface area contributed by atoms with E-state index in [1.165, 1.54) is 5.56 Å². The lowest BCUT2D eigenvalue weighted by molar-refractivity contribution is -0.130. The Morgan fingerprint density at radius 3 is 2.75 bits per heavy atom. The summed E-state index contributed by atoms with van der Waals surface area (Å²) in [5.41, 5.74) is 9.73. The molecule has 20 heavy (non-hydrogen) atoms. The molecule has 0 spiro atoms. The fraction of sp³-hybridized carbons (Fsp3) is 0.438. The van der Waals surface area contributed by atoms with Crippen molar-refractivity contribution in [1.82, 2.24) is 4.90 Å². The number of rotatable bonds is 4. The minimum atomic E-state index is 0.0460. The Kier molecular flexibility index (Phi) is 4.14. The van der Waals surface area contributed by atoms with Gasteiger partial charge in [0.05, 0.1) is 12.7 Å². The number of hydrogen-bond donors (Lipinski definition) is 1. The van der Waals surface area contributed by atoms with Crippen molar-refractivity contribution in [1.29, 1.82) is 0 Å².